The van der Waals surface area contributed by atoms with E-state index in [1.54, 1.807) is 0 Å². The van der Waals surface area contributed by atoms with Gasteiger partial charge in [-0.15, -0.1) is 0 Å². The van der Waals surface area contributed by atoms with E-state index in [4.69, 9.17) is 24.4 Å². The number of methoxy groups -OCH3 is 1. The van der Waals surface area contributed by atoms with Gasteiger partial charge in [-0.25, -0.2) is 4.79 Å². The van der Waals surface area contributed by atoms with Gasteiger partial charge in [-0.3, -0.25) is 0 Å². The second kappa shape index (κ2) is 27.4. The molecule has 128 valence electrons. The minimum absolute atomic E-state index is 0.0417. The summed E-state index contributed by atoms with van der Waals surface area (Å²) in [5.41, 5.74) is 0. The molecule has 0 saturated carbocycles. The maximum absolute atomic E-state index is 9.84. The summed E-state index contributed by atoms with van der Waals surface area (Å²) in [6.45, 7) is 10.6. The van der Waals surface area contributed by atoms with Crippen molar-refractivity contribution in [2.75, 3.05) is 60.0 Å². The van der Waals surface area contributed by atoms with Crippen molar-refractivity contribution in [2.45, 2.75) is 13.8 Å². The third-order valence-corrected chi connectivity index (χ3v) is 1.62. The van der Waals surface area contributed by atoms with Gasteiger partial charge in [-0.2, -0.15) is 0 Å². The van der Waals surface area contributed by atoms with E-state index in [-0.39, 0.29) is 13.2 Å². The van der Waals surface area contributed by atoms with Gasteiger partial charge in [0.25, 0.3) is 0 Å². The number of carbonyl (C=O) groups excluding carboxylic acids is 1. The first-order valence-electron chi connectivity index (χ1n) is 6.79. The Morgan fingerprint density at radius 3 is 1.52 bits per heavy atom. The van der Waals surface area contributed by atoms with Crippen LogP contribution in [-0.4, -0.2) is 76.1 Å². The van der Waals surface area contributed by atoms with Crippen molar-refractivity contribution >= 4 is 5.97 Å². The Bertz CT molecular complexity index is 188. The van der Waals surface area contributed by atoms with E-state index in [2.05, 4.69) is 11.3 Å². The van der Waals surface area contributed by atoms with Crippen molar-refractivity contribution in [3.63, 3.8) is 0 Å². The number of rotatable bonds is 10. The van der Waals surface area contributed by atoms with E-state index in [0.717, 1.165) is 19.3 Å². The quantitative estimate of drug-likeness (QED) is 0.342. The number of carbonyl (C=O) groups is 1. The molecule has 0 aliphatic heterocycles. The second-order valence-electron chi connectivity index (χ2n) is 3.18. The zero-order valence-corrected chi connectivity index (χ0v) is 13.4. The third-order valence-electron chi connectivity index (χ3n) is 1.62. The molecule has 0 atom stereocenters. The Morgan fingerprint density at radius 1 is 0.952 bits per heavy atom. The highest BCUT2D eigenvalue weighted by molar-refractivity contribution is 5.80. The standard InChI is InChI=1S/C6H14O4.C4H6O2.C4H10O/c7-1-3-9-5-6-10-4-2-8;1-3-4(5)6-2;1-3-5-4-2/h7-8H,1-6H2;3H,1H2,2H3;3-4H2,1-2H3. The average Bonchev–Trinajstić information content (AvgIpc) is 2.52. The Balaban J connectivity index is -0.000000252. The molecule has 2 N–H and O–H groups in total. The average molecular weight is 310 g/mol. The molecule has 0 heterocycles. The fraction of sp³-hybridized carbons (Fsp3) is 0.786. The molecule has 21 heavy (non-hydrogen) atoms. The second-order valence-corrected chi connectivity index (χ2v) is 3.18. The molecule has 0 spiro atoms. The lowest BCUT2D eigenvalue weighted by Crippen LogP contribution is -2.09. The summed E-state index contributed by atoms with van der Waals surface area (Å²) in [5, 5.41) is 16.5. The molecule has 0 aliphatic carbocycles. The minimum Gasteiger partial charge on any atom is -0.466 e. The number of esters is 1. The fourth-order valence-electron chi connectivity index (χ4n) is 0.739. The number of hydrogen-bond donors (Lipinski definition) is 2. The Labute approximate surface area is 127 Å². The Kier molecular flexibility index (Phi) is 32.6. The van der Waals surface area contributed by atoms with Crippen LogP contribution in [0.25, 0.3) is 0 Å². The van der Waals surface area contributed by atoms with Crippen LogP contribution < -0.4 is 0 Å². The van der Waals surface area contributed by atoms with Crippen LogP contribution in [0.2, 0.25) is 0 Å². The maximum atomic E-state index is 9.84. The Morgan fingerprint density at radius 2 is 1.38 bits per heavy atom. The first-order chi connectivity index (χ1) is 10.1. The van der Waals surface area contributed by atoms with Crippen LogP contribution in [0.4, 0.5) is 0 Å². The molecule has 0 amide bonds. The van der Waals surface area contributed by atoms with Gasteiger partial charge < -0.3 is 29.2 Å². The third kappa shape index (κ3) is 38.1. The molecule has 0 rings (SSSR count). The van der Waals surface area contributed by atoms with Crippen LogP contribution in [-0.2, 0) is 23.7 Å². The molecule has 0 aliphatic rings. The SMILES string of the molecule is C=CC(=O)OC.CCOCC.OCCOCCOCCO. The number of hydrogen-bond acceptors (Lipinski definition) is 7. The molecule has 7 heteroatoms. The van der Waals surface area contributed by atoms with E-state index in [9.17, 15) is 4.79 Å². The van der Waals surface area contributed by atoms with E-state index in [0.29, 0.717) is 26.4 Å². The van der Waals surface area contributed by atoms with Gasteiger partial charge in [0.1, 0.15) is 0 Å². The lowest BCUT2D eigenvalue weighted by molar-refractivity contribution is -0.134. The van der Waals surface area contributed by atoms with Gasteiger partial charge in [0.2, 0.25) is 0 Å². The normalized spacial score (nSPS) is 8.81. The van der Waals surface area contributed by atoms with Crippen molar-refractivity contribution in [2.24, 2.45) is 0 Å². The van der Waals surface area contributed by atoms with E-state index in [1.807, 2.05) is 13.8 Å². The van der Waals surface area contributed by atoms with Crippen LogP contribution in [0.5, 0.6) is 0 Å². The Hall–Kier alpha value is -0.990. The first-order valence-corrected chi connectivity index (χ1v) is 6.79. The lowest BCUT2D eigenvalue weighted by Gasteiger charge is -2.01. The molecular weight excluding hydrogens is 280 g/mol. The first kappa shape index (κ1) is 25.0. The predicted octanol–water partition coefficient (Wildman–Crippen LogP) is 0.392. The molecule has 0 aromatic heterocycles. The number of aliphatic hydroxyl groups excluding tert-OH is 2. The smallest absolute Gasteiger partial charge is 0.329 e. The summed E-state index contributed by atoms with van der Waals surface area (Å²) in [5.74, 6) is -0.394. The molecule has 0 aromatic carbocycles. The fourth-order valence-corrected chi connectivity index (χ4v) is 0.739. The highest BCUT2D eigenvalue weighted by Crippen LogP contribution is 1.76. The van der Waals surface area contributed by atoms with Gasteiger partial charge >= 0.3 is 5.97 Å². The van der Waals surface area contributed by atoms with Crippen molar-refractivity contribution in [1.82, 2.24) is 0 Å². The highest BCUT2D eigenvalue weighted by atomic mass is 16.5. The van der Waals surface area contributed by atoms with Crippen LogP contribution in [0.3, 0.4) is 0 Å². The van der Waals surface area contributed by atoms with E-state index < -0.39 is 5.97 Å². The molecular formula is C14H30O7. The highest BCUT2D eigenvalue weighted by Gasteiger charge is 1.86. The lowest BCUT2D eigenvalue weighted by atomic mass is 10.7. The van der Waals surface area contributed by atoms with E-state index >= 15 is 0 Å². The van der Waals surface area contributed by atoms with Gasteiger partial charge in [0.05, 0.1) is 46.8 Å². The summed E-state index contributed by atoms with van der Waals surface area (Å²) in [7, 11) is 1.31. The van der Waals surface area contributed by atoms with Gasteiger partial charge in [-0.05, 0) is 13.8 Å². The summed E-state index contributed by atoms with van der Waals surface area (Å²) in [6, 6.07) is 0. The molecule has 0 unspecified atom stereocenters. The largest absolute Gasteiger partial charge is 0.466 e. The van der Waals surface area contributed by atoms with Crippen molar-refractivity contribution in [3.05, 3.63) is 12.7 Å². The number of ether oxygens (including phenoxy) is 4. The van der Waals surface area contributed by atoms with E-state index in [1.165, 1.54) is 7.11 Å². The van der Waals surface area contributed by atoms with Crippen molar-refractivity contribution in [3.8, 4) is 0 Å². The van der Waals surface area contributed by atoms with Gasteiger partial charge in [0.15, 0.2) is 0 Å². The molecule has 0 bridgehead atoms. The van der Waals surface area contributed by atoms with Gasteiger partial charge in [0, 0.05) is 19.3 Å². The molecule has 7 nitrogen and oxygen atoms in total. The molecule has 0 saturated heterocycles. The monoisotopic (exact) mass is 310 g/mol. The molecule has 0 aromatic rings. The minimum atomic E-state index is -0.394. The van der Waals surface area contributed by atoms with Crippen LogP contribution in [0.15, 0.2) is 12.7 Å². The van der Waals surface area contributed by atoms with Crippen LogP contribution >= 0.6 is 0 Å². The maximum Gasteiger partial charge on any atom is 0.329 e. The van der Waals surface area contributed by atoms with Crippen molar-refractivity contribution in [1.29, 1.82) is 0 Å². The molecule has 0 fully saturated rings. The zero-order chi connectivity index (χ0) is 16.8. The summed E-state index contributed by atoms with van der Waals surface area (Å²) in [4.78, 5) is 9.84. The van der Waals surface area contributed by atoms with Crippen LogP contribution in [0.1, 0.15) is 13.8 Å². The number of aliphatic hydroxyl groups is 2. The molecule has 0 radical (unpaired) electrons. The van der Waals surface area contributed by atoms with Gasteiger partial charge in [-0.1, -0.05) is 6.58 Å². The zero-order valence-electron chi connectivity index (χ0n) is 13.4. The van der Waals surface area contributed by atoms with Crippen molar-refractivity contribution < 1.29 is 34.0 Å². The summed E-state index contributed by atoms with van der Waals surface area (Å²) < 4.78 is 18.7. The van der Waals surface area contributed by atoms with Crippen LogP contribution in [0, 0.1) is 0 Å². The predicted molar refractivity (Wildman–Crippen MR) is 80.2 cm³/mol. The summed E-state index contributed by atoms with van der Waals surface area (Å²) >= 11 is 0. The topological polar surface area (TPSA) is 94.5 Å². The summed E-state index contributed by atoms with van der Waals surface area (Å²) in [6.07, 6.45) is 1.11.